The Kier molecular flexibility index (Phi) is 6.07. The summed E-state index contributed by atoms with van der Waals surface area (Å²) >= 11 is 0. The second-order valence-electron chi connectivity index (χ2n) is 5.88. The van der Waals surface area contributed by atoms with E-state index >= 15 is 0 Å². The van der Waals surface area contributed by atoms with Crippen molar-refractivity contribution in [3.63, 3.8) is 0 Å². The van der Waals surface area contributed by atoms with Crippen LogP contribution in [-0.4, -0.2) is 26.7 Å². The van der Waals surface area contributed by atoms with Crippen LogP contribution in [0.15, 0.2) is 42.5 Å². The van der Waals surface area contributed by atoms with Crippen LogP contribution in [0.1, 0.15) is 11.1 Å². The van der Waals surface area contributed by atoms with E-state index in [1.807, 2.05) is 0 Å². The average Bonchev–Trinajstić information content (AvgIpc) is 2.54. The van der Waals surface area contributed by atoms with Gasteiger partial charge >= 0.3 is 12.2 Å². The summed E-state index contributed by atoms with van der Waals surface area (Å²) in [5.74, 6) is -0.386. The van der Waals surface area contributed by atoms with E-state index in [2.05, 4.69) is 10.6 Å². The van der Waals surface area contributed by atoms with Gasteiger partial charge in [0.25, 0.3) is 0 Å². The van der Waals surface area contributed by atoms with Crippen LogP contribution in [0.2, 0.25) is 0 Å². The highest BCUT2D eigenvalue weighted by atomic mass is 19.4. The molecule has 0 aromatic heterocycles. The van der Waals surface area contributed by atoms with Crippen molar-refractivity contribution in [1.29, 1.82) is 0 Å². The first kappa shape index (κ1) is 19.6. The van der Waals surface area contributed by atoms with Crippen LogP contribution >= 0.6 is 0 Å². The van der Waals surface area contributed by atoms with E-state index in [0.29, 0.717) is 17.7 Å². The van der Waals surface area contributed by atoms with E-state index in [4.69, 9.17) is 0 Å². The number of alkyl halides is 3. The van der Waals surface area contributed by atoms with Gasteiger partial charge in [0.15, 0.2) is 0 Å². The largest absolute Gasteiger partial charge is 0.418 e. The minimum absolute atomic E-state index is 0.159. The molecular weight excluding hydrogens is 350 g/mol. The Hall–Kier alpha value is -2.77. The van der Waals surface area contributed by atoms with E-state index in [-0.39, 0.29) is 18.0 Å². The summed E-state index contributed by atoms with van der Waals surface area (Å²) in [6.07, 6.45) is -4.24. The summed E-state index contributed by atoms with van der Waals surface area (Å²) in [6.45, 7) is 0.159. The number of amides is 2. The fourth-order valence-corrected chi connectivity index (χ4v) is 2.33. The van der Waals surface area contributed by atoms with E-state index in [0.717, 1.165) is 6.07 Å². The van der Waals surface area contributed by atoms with Gasteiger partial charge in [-0.25, -0.2) is 9.18 Å². The summed E-state index contributed by atoms with van der Waals surface area (Å²) in [4.78, 5) is 13.4. The van der Waals surface area contributed by atoms with E-state index < -0.39 is 17.8 Å². The van der Waals surface area contributed by atoms with Crippen molar-refractivity contribution in [1.82, 2.24) is 5.32 Å². The fourth-order valence-electron chi connectivity index (χ4n) is 2.33. The first-order valence-electron chi connectivity index (χ1n) is 7.84. The second-order valence-corrected chi connectivity index (χ2v) is 5.88. The normalized spacial score (nSPS) is 11.2. The van der Waals surface area contributed by atoms with Gasteiger partial charge in [0.1, 0.15) is 5.82 Å². The molecule has 0 heterocycles. The van der Waals surface area contributed by atoms with Crippen LogP contribution < -0.4 is 15.5 Å². The van der Waals surface area contributed by atoms with Crippen LogP contribution in [0.4, 0.5) is 33.7 Å². The molecule has 0 unspecified atom stereocenters. The van der Waals surface area contributed by atoms with Gasteiger partial charge in [0, 0.05) is 26.3 Å². The Bertz CT molecular complexity index is 775. The summed E-state index contributed by atoms with van der Waals surface area (Å²) in [6, 6.07) is 8.80. The Morgan fingerprint density at radius 1 is 1.12 bits per heavy atom. The molecule has 0 aliphatic heterocycles. The topological polar surface area (TPSA) is 44.4 Å². The number of anilines is 2. The van der Waals surface area contributed by atoms with Crippen LogP contribution in [0.25, 0.3) is 0 Å². The molecule has 26 heavy (non-hydrogen) atoms. The standard InChI is InChI=1S/C18H19F4N3O/c1-25(2)14-6-7-16(15(11-14)18(20,21)22)24-17(26)23-9-8-12-4-3-5-13(19)10-12/h3-7,10-11H,8-9H2,1-2H3,(H2,23,24,26). The Balaban J connectivity index is 2.01. The molecule has 2 aromatic carbocycles. The molecule has 0 radical (unpaired) electrons. The Labute approximate surface area is 148 Å². The minimum Gasteiger partial charge on any atom is -0.378 e. The highest BCUT2D eigenvalue weighted by Gasteiger charge is 2.34. The van der Waals surface area contributed by atoms with Gasteiger partial charge in [-0.15, -0.1) is 0 Å². The van der Waals surface area contributed by atoms with E-state index in [1.165, 1.54) is 29.2 Å². The molecule has 8 heteroatoms. The van der Waals surface area contributed by atoms with Crippen molar-refractivity contribution < 1.29 is 22.4 Å². The minimum atomic E-state index is -4.60. The van der Waals surface area contributed by atoms with Crippen molar-refractivity contribution in [2.24, 2.45) is 0 Å². The third-order valence-corrected chi connectivity index (χ3v) is 3.66. The van der Waals surface area contributed by atoms with Crippen LogP contribution in [0.3, 0.4) is 0 Å². The third kappa shape index (κ3) is 5.37. The van der Waals surface area contributed by atoms with Crippen LogP contribution in [-0.2, 0) is 12.6 Å². The maximum atomic E-state index is 13.2. The van der Waals surface area contributed by atoms with Crippen LogP contribution in [0, 0.1) is 5.82 Å². The Morgan fingerprint density at radius 2 is 1.85 bits per heavy atom. The third-order valence-electron chi connectivity index (χ3n) is 3.66. The predicted octanol–water partition coefficient (Wildman–Crippen LogP) is 4.27. The fraction of sp³-hybridized carbons (Fsp3) is 0.278. The summed E-state index contributed by atoms with van der Waals surface area (Å²) < 4.78 is 52.8. The number of hydrogen-bond acceptors (Lipinski definition) is 2. The van der Waals surface area contributed by atoms with Crippen molar-refractivity contribution in [2.75, 3.05) is 30.9 Å². The molecule has 2 aromatic rings. The number of benzene rings is 2. The molecule has 0 saturated carbocycles. The number of nitrogens with one attached hydrogen (secondary N) is 2. The van der Waals surface area contributed by atoms with Gasteiger partial charge in [-0.2, -0.15) is 13.2 Å². The number of rotatable bonds is 5. The van der Waals surface area contributed by atoms with E-state index in [1.54, 1.807) is 26.2 Å². The van der Waals surface area contributed by atoms with Crippen LogP contribution in [0.5, 0.6) is 0 Å². The number of halogens is 4. The smallest absolute Gasteiger partial charge is 0.378 e. The summed E-state index contributed by atoms with van der Waals surface area (Å²) in [5.41, 5.74) is -0.207. The summed E-state index contributed by atoms with van der Waals surface area (Å²) in [5, 5.41) is 4.68. The molecule has 0 saturated heterocycles. The molecule has 2 N–H and O–H groups in total. The maximum absolute atomic E-state index is 13.2. The highest BCUT2D eigenvalue weighted by Crippen LogP contribution is 2.37. The number of urea groups is 1. The molecule has 0 spiro atoms. The van der Waals surface area contributed by atoms with Crippen molar-refractivity contribution in [3.8, 4) is 0 Å². The van der Waals surface area contributed by atoms with Crippen molar-refractivity contribution >= 4 is 17.4 Å². The first-order chi connectivity index (χ1) is 12.2. The van der Waals surface area contributed by atoms with Gasteiger partial charge < -0.3 is 15.5 Å². The van der Waals surface area contributed by atoms with Gasteiger partial charge in [-0.1, -0.05) is 12.1 Å². The molecule has 0 aliphatic carbocycles. The molecule has 0 aliphatic rings. The van der Waals surface area contributed by atoms with Gasteiger partial charge in [-0.3, -0.25) is 0 Å². The molecule has 2 rings (SSSR count). The van der Waals surface area contributed by atoms with Crippen molar-refractivity contribution in [2.45, 2.75) is 12.6 Å². The second kappa shape index (κ2) is 8.07. The quantitative estimate of drug-likeness (QED) is 0.773. The molecule has 140 valence electrons. The number of hydrogen-bond donors (Lipinski definition) is 2. The number of nitrogens with zero attached hydrogens (tertiary/aromatic N) is 1. The van der Waals surface area contributed by atoms with Gasteiger partial charge in [-0.05, 0) is 42.3 Å². The zero-order valence-corrected chi connectivity index (χ0v) is 14.3. The molecule has 4 nitrogen and oxygen atoms in total. The summed E-state index contributed by atoms with van der Waals surface area (Å²) in [7, 11) is 3.25. The maximum Gasteiger partial charge on any atom is 0.418 e. The molecule has 0 atom stereocenters. The molecule has 0 fully saturated rings. The SMILES string of the molecule is CN(C)c1ccc(NC(=O)NCCc2cccc(F)c2)c(C(F)(F)F)c1. The molecular formula is C18H19F4N3O. The lowest BCUT2D eigenvalue weighted by Crippen LogP contribution is -2.31. The average molecular weight is 369 g/mol. The zero-order valence-electron chi connectivity index (χ0n) is 14.3. The lowest BCUT2D eigenvalue weighted by Gasteiger charge is -2.19. The monoisotopic (exact) mass is 369 g/mol. The van der Waals surface area contributed by atoms with E-state index in [9.17, 15) is 22.4 Å². The molecule has 0 bridgehead atoms. The number of carbonyl (C=O) groups is 1. The predicted molar refractivity (Wildman–Crippen MR) is 92.9 cm³/mol. The highest BCUT2D eigenvalue weighted by molar-refractivity contribution is 5.90. The lowest BCUT2D eigenvalue weighted by atomic mass is 10.1. The first-order valence-corrected chi connectivity index (χ1v) is 7.84. The molecule has 2 amide bonds. The van der Waals surface area contributed by atoms with Gasteiger partial charge in [0.05, 0.1) is 11.3 Å². The number of carbonyl (C=O) groups excluding carboxylic acids is 1. The van der Waals surface area contributed by atoms with Crippen molar-refractivity contribution in [3.05, 3.63) is 59.4 Å². The van der Waals surface area contributed by atoms with Gasteiger partial charge in [0.2, 0.25) is 0 Å². The zero-order chi connectivity index (χ0) is 19.3. The Morgan fingerprint density at radius 3 is 2.46 bits per heavy atom. The lowest BCUT2D eigenvalue weighted by molar-refractivity contribution is -0.136.